The summed E-state index contributed by atoms with van der Waals surface area (Å²) in [6, 6.07) is 5.01. The summed E-state index contributed by atoms with van der Waals surface area (Å²) < 4.78 is 0. The predicted octanol–water partition coefficient (Wildman–Crippen LogP) is 2.42. The molecule has 4 unspecified atom stereocenters. The topological polar surface area (TPSA) is 66.5 Å². The van der Waals surface area contributed by atoms with Gasteiger partial charge in [0.25, 0.3) is 0 Å². The van der Waals surface area contributed by atoms with Crippen molar-refractivity contribution in [2.75, 3.05) is 6.54 Å². The molecule has 1 saturated carbocycles. The third kappa shape index (κ3) is 2.75. The van der Waals surface area contributed by atoms with Crippen molar-refractivity contribution in [3.05, 3.63) is 46.0 Å². The first-order chi connectivity index (χ1) is 12.0. The summed E-state index contributed by atoms with van der Waals surface area (Å²) >= 11 is 11.9. The summed E-state index contributed by atoms with van der Waals surface area (Å²) in [5.74, 6) is -1.08. The van der Waals surface area contributed by atoms with Crippen LogP contribution in [-0.4, -0.2) is 29.2 Å². The molecule has 1 saturated heterocycles. The summed E-state index contributed by atoms with van der Waals surface area (Å²) in [6.45, 7) is -0.0277. The SMILES string of the molecule is O=C(CN1C(=O)C2C3C=CC(C3)C2C1=O)NCc1ccc(Cl)cc1Cl. The molecule has 0 spiro atoms. The van der Waals surface area contributed by atoms with Crippen molar-refractivity contribution >= 4 is 40.9 Å². The van der Waals surface area contributed by atoms with E-state index >= 15 is 0 Å². The van der Waals surface area contributed by atoms with E-state index in [2.05, 4.69) is 5.32 Å². The molecule has 2 aliphatic carbocycles. The second-order valence-electron chi connectivity index (χ2n) is 6.77. The Bertz CT molecular complexity index is 778. The Morgan fingerprint density at radius 1 is 1.12 bits per heavy atom. The maximum Gasteiger partial charge on any atom is 0.240 e. The number of likely N-dealkylation sites (tertiary alicyclic amines) is 1. The Labute approximate surface area is 155 Å². The molecular formula is C18H16Cl2N2O3. The Balaban J connectivity index is 1.38. The van der Waals surface area contributed by atoms with Gasteiger partial charge >= 0.3 is 0 Å². The number of allylic oxidation sites excluding steroid dienone is 2. The number of benzene rings is 1. The van der Waals surface area contributed by atoms with Gasteiger partial charge in [0.1, 0.15) is 6.54 Å². The van der Waals surface area contributed by atoms with E-state index in [-0.39, 0.29) is 54.5 Å². The van der Waals surface area contributed by atoms with E-state index in [0.29, 0.717) is 10.0 Å². The summed E-state index contributed by atoms with van der Waals surface area (Å²) in [5.41, 5.74) is 0.720. The van der Waals surface area contributed by atoms with Gasteiger partial charge in [-0.2, -0.15) is 0 Å². The zero-order chi connectivity index (χ0) is 17.7. The van der Waals surface area contributed by atoms with Crippen LogP contribution in [0.2, 0.25) is 10.0 Å². The van der Waals surface area contributed by atoms with Crippen LogP contribution in [-0.2, 0) is 20.9 Å². The van der Waals surface area contributed by atoms with E-state index in [0.717, 1.165) is 16.9 Å². The van der Waals surface area contributed by atoms with Crippen LogP contribution in [0.3, 0.4) is 0 Å². The van der Waals surface area contributed by atoms with Gasteiger partial charge in [-0.1, -0.05) is 41.4 Å². The number of amides is 3. The largest absolute Gasteiger partial charge is 0.350 e. The van der Waals surface area contributed by atoms with Crippen LogP contribution in [0, 0.1) is 23.7 Å². The minimum absolute atomic E-state index is 0.146. The minimum Gasteiger partial charge on any atom is -0.350 e. The van der Waals surface area contributed by atoms with Crippen molar-refractivity contribution in [3.8, 4) is 0 Å². The highest BCUT2D eigenvalue weighted by Crippen LogP contribution is 2.52. The fourth-order valence-electron chi connectivity index (χ4n) is 4.18. The molecule has 25 heavy (non-hydrogen) atoms. The molecule has 5 nitrogen and oxygen atoms in total. The van der Waals surface area contributed by atoms with Crippen LogP contribution in [0.25, 0.3) is 0 Å². The molecule has 7 heteroatoms. The molecule has 1 aromatic rings. The van der Waals surface area contributed by atoms with Gasteiger partial charge in [0.05, 0.1) is 11.8 Å². The van der Waals surface area contributed by atoms with E-state index in [1.165, 1.54) is 0 Å². The molecule has 2 fully saturated rings. The lowest BCUT2D eigenvalue weighted by atomic mass is 9.85. The predicted molar refractivity (Wildman–Crippen MR) is 92.7 cm³/mol. The van der Waals surface area contributed by atoms with E-state index in [4.69, 9.17) is 23.2 Å². The van der Waals surface area contributed by atoms with Crippen molar-refractivity contribution in [2.45, 2.75) is 13.0 Å². The van der Waals surface area contributed by atoms with Crippen molar-refractivity contribution in [1.82, 2.24) is 10.2 Å². The second kappa shape index (κ2) is 6.15. The summed E-state index contributed by atoms with van der Waals surface area (Å²) in [4.78, 5) is 38.4. The Morgan fingerprint density at radius 2 is 1.76 bits per heavy atom. The fourth-order valence-corrected chi connectivity index (χ4v) is 4.65. The van der Waals surface area contributed by atoms with Gasteiger partial charge in [-0.3, -0.25) is 19.3 Å². The van der Waals surface area contributed by atoms with Crippen molar-refractivity contribution < 1.29 is 14.4 Å². The zero-order valence-corrected chi connectivity index (χ0v) is 14.8. The highest BCUT2D eigenvalue weighted by molar-refractivity contribution is 6.35. The Kier molecular flexibility index (Phi) is 4.08. The maximum absolute atomic E-state index is 12.5. The number of imide groups is 1. The van der Waals surface area contributed by atoms with Gasteiger partial charge in [0.15, 0.2) is 0 Å². The average Bonchev–Trinajstić information content (AvgIpc) is 3.24. The van der Waals surface area contributed by atoms with Crippen molar-refractivity contribution in [1.29, 1.82) is 0 Å². The number of carbonyl (C=O) groups excluding carboxylic acids is 3. The molecule has 4 atom stereocenters. The third-order valence-electron chi connectivity index (χ3n) is 5.35. The molecule has 0 aromatic heterocycles. The lowest BCUT2D eigenvalue weighted by molar-refractivity contribution is -0.144. The number of fused-ring (bicyclic) bond motifs is 5. The van der Waals surface area contributed by atoms with Crippen LogP contribution < -0.4 is 5.32 Å². The molecule has 130 valence electrons. The molecule has 2 bridgehead atoms. The highest BCUT2D eigenvalue weighted by atomic mass is 35.5. The first-order valence-corrected chi connectivity index (χ1v) is 8.95. The lowest BCUT2D eigenvalue weighted by Crippen LogP contribution is -2.41. The number of rotatable bonds is 4. The van der Waals surface area contributed by atoms with Gasteiger partial charge in [0.2, 0.25) is 17.7 Å². The first-order valence-electron chi connectivity index (χ1n) is 8.20. The fraction of sp³-hybridized carbons (Fsp3) is 0.389. The van der Waals surface area contributed by atoms with Gasteiger partial charge in [-0.25, -0.2) is 0 Å². The summed E-state index contributed by atoms with van der Waals surface area (Å²) in [6.07, 6.45) is 4.94. The average molecular weight is 379 g/mol. The lowest BCUT2D eigenvalue weighted by Gasteiger charge is -2.17. The molecule has 3 amide bonds. The van der Waals surface area contributed by atoms with Crippen LogP contribution in [0.5, 0.6) is 0 Å². The monoisotopic (exact) mass is 378 g/mol. The van der Waals surface area contributed by atoms with Gasteiger partial charge in [-0.05, 0) is 36.0 Å². The van der Waals surface area contributed by atoms with E-state index in [9.17, 15) is 14.4 Å². The smallest absolute Gasteiger partial charge is 0.240 e. The van der Waals surface area contributed by atoms with Gasteiger partial charge in [0, 0.05) is 16.6 Å². The van der Waals surface area contributed by atoms with Crippen molar-refractivity contribution in [3.63, 3.8) is 0 Å². The molecule has 1 aromatic carbocycles. The first kappa shape index (κ1) is 16.6. The molecule has 0 radical (unpaired) electrons. The Morgan fingerprint density at radius 3 is 2.36 bits per heavy atom. The number of halogens is 2. The van der Waals surface area contributed by atoms with Crippen LogP contribution in [0.15, 0.2) is 30.4 Å². The highest BCUT2D eigenvalue weighted by Gasteiger charge is 2.59. The number of nitrogens with zero attached hydrogens (tertiary/aromatic N) is 1. The minimum atomic E-state index is -0.381. The maximum atomic E-state index is 12.5. The molecular weight excluding hydrogens is 363 g/mol. The Hall–Kier alpha value is -1.85. The number of hydrogen-bond donors (Lipinski definition) is 1. The number of carbonyl (C=O) groups is 3. The van der Waals surface area contributed by atoms with E-state index in [1.807, 2.05) is 12.2 Å². The normalized spacial score (nSPS) is 29.4. The molecule has 1 N–H and O–H groups in total. The summed E-state index contributed by atoms with van der Waals surface area (Å²) in [7, 11) is 0. The van der Waals surface area contributed by atoms with Crippen LogP contribution in [0.4, 0.5) is 0 Å². The summed E-state index contributed by atoms with van der Waals surface area (Å²) in [5, 5.41) is 3.68. The van der Waals surface area contributed by atoms with E-state index in [1.54, 1.807) is 18.2 Å². The van der Waals surface area contributed by atoms with Crippen LogP contribution in [0.1, 0.15) is 12.0 Å². The van der Waals surface area contributed by atoms with Gasteiger partial charge < -0.3 is 5.32 Å². The number of nitrogens with one attached hydrogen (secondary N) is 1. The third-order valence-corrected chi connectivity index (χ3v) is 5.94. The van der Waals surface area contributed by atoms with Crippen LogP contribution >= 0.6 is 23.2 Å². The van der Waals surface area contributed by atoms with E-state index < -0.39 is 0 Å². The molecule has 4 rings (SSSR count). The zero-order valence-electron chi connectivity index (χ0n) is 13.2. The van der Waals surface area contributed by atoms with Crippen molar-refractivity contribution in [2.24, 2.45) is 23.7 Å². The number of hydrogen-bond acceptors (Lipinski definition) is 3. The second-order valence-corrected chi connectivity index (χ2v) is 7.62. The molecule has 1 aliphatic heterocycles. The molecule has 1 heterocycles. The van der Waals surface area contributed by atoms with Gasteiger partial charge in [-0.15, -0.1) is 0 Å². The quantitative estimate of drug-likeness (QED) is 0.646. The standard InChI is InChI=1S/C18H16Cl2N2O3/c19-12-4-3-11(13(20)6-12)7-21-14(23)8-22-17(24)15-9-1-2-10(5-9)16(15)18(22)25/h1-4,6,9-10,15-16H,5,7-8H2,(H,21,23). The molecule has 3 aliphatic rings.